The molecule has 0 bridgehead atoms. The van der Waals surface area contributed by atoms with Gasteiger partial charge in [-0.3, -0.25) is 4.79 Å². The van der Waals surface area contributed by atoms with Crippen LogP contribution in [0.3, 0.4) is 0 Å². The molecule has 5 nitrogen and oxygen atoms in total. The van der Waals surface area contributed by atoms with Crippen molar-refractivity contribution in [2.24, 2.45) is 0 Å². The first-order valence-corrected chi connectivity index (χ1v) is 7.19. The summed E-state index contributed by atoms with van der Waals surface area (Å²) in [5.41, 5.74) is 1.11. The normalized spacial score (nSPS) is 12.3. The van der Waals surface area contributed by atoms with Gasteiger partial charge in [0.2, 0.25) is 11.8 Å². The molecule has 0 fully saturated rings. The van der Waals surface area contributed by atoms with Crippen LogP contribution < -0.4 is 5.32 Å². The summed E-state index contributed by atoms with van der Waals surface area (Å²) in [6, 6.07) is 14.5. The minimum atomic E-state index is -0.134. The summed E-state index contributed by atoms with van der Waals surface area (Å²) >= 11 is 0. The second kappa shape index (κ2) is 5.97. The van der Waals surface area contributed by atoms with Crippen LogP contribution >= 0.6 is 0 Å². The molecule has 1 unspecified atom stereocenters. The number of benzene rings is 2. The smallest absolute Gasteiger partial charge is 0.233 e. The Bertz CT molecular complexity index is 810. The van der Waals surface area contributed by atoms with E-state index >= 15 is 0 Å². The van der Waals surface area contributed by atoms with E-state index in [4.69, 9.17) is 4.52 Å². The van der Waals surface area contributed by atoms with Gasteiger partial charge in [0.25, 0.3) is 0 Å². The molecule has 0 aliphatic rings. The highest BCUT2D eigenvalue weighted by Crippen LogP contribution is 2.26. The zero-order valence-corrected chi connectivity index (χ0v) is 12.5. The van der Waals surface area contributed by atoms with E-state index in [2.05, 4.69) is 45.8 Å². The average molecular weight is 295 g/mol. The summed E-state index contributed by atoms with van der Waals surface area (Å²) in [5.74, 6) is 0.775. The Labute approximate surface area is 128 Å². The van der Waals surface area contributed by atoms with Crippen LogP contribution in [0.2, 0.25) is 0 Å². The maximum Gasteiger partial charge on any atom is 0.233 e. The Hall–Kier alpha value is -2.69. The van der Waals surface area contributed by atoms with Gasteiger partial charge in [-0.1, -0.05) is 47.6 Å². The Morgan fingerprint density at radius 2 is 2.00 bits per heavy atom. The highest BCUT2D eigenvalue weighted by molar-refractivity contribution is 5.83. The van der Waals surface area contributed by atoms with E-state index in [9.17, 15) is 4.79 Å². The second-order valence-electron chi connectivity index (χ2n) is 5.23. The lowest BCUT2D eigenvalue weighted by Gasteiger charge is -2.08. The molecule has 1 N–H and O–H groups in total. The molecule has 1 heterocycles. The number of rotatable bonds is 4. The average Bonchev–Trinajstić information content (AvgIpc) is 3.02. The molecule has 3 aromatic rings. The van der Waals surface area contributed by atoms with Crippen molar-refractivity contribution in [3.05, 3.63) is 59.7 Å². The maximum absolute atomic E-state index is 11.3. The van der Waals surface area contributed by atoms with Crippen LogP contribution in [0.25, 0.3) is 10.8 Å². The lowest BCUT2D eigenvalue weighted by Crippen LogP contribution is -2.20. The van der Waals surface area contributed by atoms with Crippen molar-refractivity contribution in [1.82, 2.24) is 15.5 Å². The standard InChI is InChI=1S/C17H17N3O2/c1-11(17-19-15(20-22-17)10-16(21)18-2)13-8-7-12-5-3-4-6-14(12)9-13/h3-9,11H,10H2,1-2H3,(H,18,21). The van der Waals surface area contributed by atoms with Gasteiger partial charge in [0.05, 0.1) is 12.3 Å². The predicted octanol–water partition coefficient (Wildman–Crippen LogP) is 2.66. The number of carbonyl (C=O) groups excluding carboxylic acids is 1. The summed E-state index contributed by atoms with van der Waals surface area (Å²) in [7, 11) is 1.58. The Morgan fingerprint density at radius 3 is 2.77 bits per heavy atom. The summed E-state index contributed by atoms with van der Waals surface area (Å²) in [5, 5.41) is 8.79. The molecular weight excluding hydrogens is 278 g/mol. The van der Waals surface area contributed by atoms with Crippen molar-refractivity contribution < 1.29 is 9.32 Å². The Morgan fingerprint density at radius 1 is 1.23 bits per heavy atom. The number of amides is 1. The number of hydrogen-bond acceptors (Lipinski definition) is 4. The fraction of sp³-hybridized carbons (Fsp3) is 0.235. The molecule has 112 valence electrons. The number of likely N-dealkylation sites (N-methyl/N-ethyl adjacent to an activating group) is 1. The van der Waals surface area contributed by atoms with Gasteiger partial charge in [-0.2, -0.15) is 4.98 Å². The summed E-state index contributed by atoms with van der Waals surface area (Å²) in [6.45, 7) is 2.02. The van der Waals surface area contributed by atoms with Crippen molar-refractivity contribution in [1.29, 1.82) is 0 Å². The van der Waals surface area contributed by atoms with Crippen molar-refractivity contribution in [2.75, 3.05) is 7.05 Å². The molecule has 1 aromatic heterocycles. The van der Waals surface area contributed by atoms with Gasteiger partial charge in [-0.05, 0) is 23.3 Å². The van der Waals surface area contributed by atoms with E-state index in [0.717, 1.165) is 5.56 Å². The fourth-order valence-electron chi connectivity index (χ4n) is 2.37. The molecule has 22 heavy (non-hydrogen) atoms. The minimum Gasteiger partial charge on any atom is -0.359 e. The van der Waals surface area contributed by atoms with Gasteiger partial charge >= 0.3 is 0 Å². The van der Waals surface area contributed by atoms with Crippen molar-refractivity contribution in [2.45, 2.75) is 19.3 Å². The fourth-order valence-corrected chi connectivity index (χ4v) is 2.37. The molecule has 0 saturated heterocycles. The highest BCUT2D eigenvalue weighted by Gasteiger charge is 2.17. The first-order valence-electron chi connectivity index (χ1n) is 7.19. The van der Waals surface area contributed by atoms with Crippen LogP contribution in [0.15, 0.2) is 47.0 Å². The minimum absolute atomic E-state index is 0.0180. The molecule has 0 saturated carbocycles. The molecule has 0 aliphatic carbocycles. The number of carbonyl (C=O) groups is 1. The first-order chi connectivity index (χ1) is 10.7. The third-order valence-corrected chi connectivity index (χ3v) is 3.73. The van der Waals surface area contributed by atoms with Crippen molar-refractivity contribution >= 4 is 16.7 Å². The van der Waals surface area contributed by atoms with Gasteiger partial charge in [-0.25, -0.2) is 0 Å². The molecule has 0 spiro atoms. The predicted molar refractivity (Wildman–Crippen MR) is 83.5 cm³/mol. The quantitative estimate of drug-likeness (QED) is 0.803. The van der Waals surface area contributed by atoms with E-state index < -0.39 is 0 Å². The van der Waals surface area contributed by atoms with Gasteiger partial charge in [0, 0.05) is 7.05 Å². The van der Waals surface area contributed by atoms with E-state index in [0.29, 0.717) is 11.7 Å². The topological polar surface area (TPSA) is 68.0 Å². The summed E-state index contributed by atoms with van der Waals surface area (Å²) in [4.78, 5) is 15.7. The van der Waals surface area contributed by atoms with E-state index in [1.807, 2.05) is 19.1 Å². The lowest BCUT2D eigenvalue weighted by atomic mass is 9.98. The molecular formula is C17H17N3O2. The van der Waals surface area contributed by atoms with Crippen LogP contribution in [0.5, 0.6) is 0 Å². The molecule has 3 rings (SSSR count). The Kier molecular flexibility index (Phi) is 3.87. The molecule has 5 heteroatoms. The van der Waals surface area contributed by atoms with Crippen LogP contribution in [-0.4, -0.2) is 23.1 Å². The number of nitrogens with one attached hydrogen (secondary N) is 1. The number of hydrogen-bond donors (Lipinski definition) is 1. The molecule has 2 aromatic carbocycles. The Balaban J connectivity index is 1.85. The van der Waals surface area contributed by atoms with Crippen molar-refractivity contribution in [3.8, 4) is 0 Å². The number of nitrogens with zero attached hydrogens (tertiary/aromatic N) is 2. The monoisotopic (exact) mass is 295 g/mol. The first kappa shape index (κ1) is 14.3. The largest absolute Gasteiger partial charge is 0.359 e. The second-order valence-corrected chi connectivity index (χ2v) is 5.23. The highest BCUT2D eigenvalue weighted by atomic mass is 16.5. The van der Waals surface area contributed by atoms with Gasteiger partial charge in [0.15, 0.2) is 5.82 Å². The van der Waals surface area contributed by atoms with Gasteiger partial charge in [0.1, 0.15) is 0 Å². The summed E-state index contributed by atoms with van der Waals surface area (Å²) < 4.78 is 5.30. The van der Waals surface area contributed by atoms with E-state index in [1.165, 1.54) is 10.8 Å². The third kappa shape index (κ3) is 2.83. The molecule has 1 amide bonds. The SMILES string of the molecule is CNC(=O)Cc1noc(C(C)c2ccc3ccccc3c2)n1. The van der Waals surface area contributed by atoms with E-state index in [-0.39, 0.29) is 18.2 Å². The zero-order valence-electron chi connectivity index (χ0n) is 12.5. The van der Waals surface area contributed by atoms with Gasteiger partial charge in [-0.15, -0.1) is 0 Å². The summed E-state index contributed by atoms with van der Waals surface area (Å²) in [6.07, 6.45) is 0.129. The van der Waals surface area contributed by atoms with Gasteiger partial charge < -0.3 is 9.84 Å². The maximum atomic E-state index is 11.3. The van der Waals surface area contributed by atoms with Crippen LogP contribution in [0.4, 0.5) is 0 Å². The molecule has 0 aliphatic heterocycles. The number of fused-ring (bicyclic) bond motifs is 1. The van der Waals surface area contributed by atoms with Crippen molar-refractivity contribution in [3.63, 3.8) is 0 Å². The van der Waals surface area contributed by atoms with Crippen LogP contribution in [-0.2, 0) is 11.2 Å². The van der Waals surface area contributed by atoms with Crippen LogP contribution in [0, 0.1) is 0 Å². The third-order valence-electron chi connectivity index (χ3n) is 3.73. The molecule has 1 atom stereocenters. The van der Waals surface area contributed by atoms with Crippen LogP contribution in [0.1, 0.15) is 30.1 Å². The molecule has 0 radical (unpaired) electrons. The number of aromatic nitrogens is 2. The zero-order chi connectivity index (χ0) is 15.5. The lowest BCUT2D eigenvalue weighted by molar-refractivity contribution is -0.120. The van der Waals surface area contributed by atoms with E-state index in [1.54, 1.807) is 7.05 Å².